The van der Waals surface area contributed by atoms with Crippen LogP contribution < -0.4 is 4.90 Å². The zero-order chi connectivity index (χ0) is 12.3. The van der Waals surface area contributed by atoms with E-state index in [1.807, 2.05) is 6.07 Å². The minimum atomic E-state index is -0.140. The summed E-state index contributed by atoms with van der Waals surface area (Å²) < 4.78 is 19.3. The van der Waals surface area contributed by atoms with Gasteiger partial charge in [-0.15, -0.1) is 0 Å². The lowest BCUT2D eigenvalue weighted by molar-refractivity contribution is 0.0384. The molecular weight excluding hydrogens is 285 g/mol. The van der Waals surface area contributed by atoms with Gasteiger partial charge in [0, 0.05) is 29.7 Å². The zero-order valence-electron chi connectivity index (χ0n) is 9.96. The number of halogens is 2. The molecule has 0 N–H and O–H groups in total. The molecule has 2 rings (SSSR count). The van der Waals surface area contributed by atoms with E-state index >= 15 is 0 Å². The summed E-state index contributed by atoms with van der Waals surface area (Å²) in [6.07, 6.45) is 1.25. The molecule has 0 amide bonds. The van der Waals surface area contributed by atoms with Gasteiger partial charge in [0.25, 0.3) is 0 Å². The van der Waals surface area contributed by atoms with E-state index < -0.39 is 0 Å². The third kappa shape index (κ3) is 2.80. The average Bonchev–Trinajstić information content (AvgIpc) is 2.38. The molecule has 0 bridgehead atoms. The van der Waals surface area contributed by atoms with Crippen LogP contribution in [-0.2, 0) is 10.1 Å². The first-order valence-corrected chi connectivity index (χ1v) is 7.08. The SMILES string of the molecule is CCC1CN(c2cccc(F)c2CBr)CCO1. The quantitative estimate of drug-likeness (QED) is 0.794. The first-order valence-electron chi connectivity index (χ1n) is 5.96. The molecule has 0 aliphatic carbocycles. The van der Waals surface area contributed by atoms with Crippen molar-refractivity contribution in [2.24, 2.45) is 0 Å². The summed E-state index contributed by atoms with van der Waals surface area (Å²) in [5, 5.41) is 0.545. The number of benzene rings is 1. The van der Waals surface area contributed by atoms with Crippen molar-refractivity contribution >= 4 is 21.6 Å². The van der Waals surface area contributed by atoms with Crippen molar-refractivity contribution in [2.75, 3.05) is 24.6 Å². The van der Waals surface area contributed by atoms with Gasteiger partial charge in [-0.1, -0.05) is 28.9 Å². The highest BCUT2D eigenvalue weighted by Gasteiger charge is 2.21. The Balaban J connectivity index is 2.24. The molecule has 1 saturated heterocycles. The van der Waals surface area contributed by atoms with Crippen LogP contribution in [-0.4, -0.2) is 25.8 Å². The molecule has 4 heteroatoms. The van der Waals surface area contributed by atoms with E-state index in [9.17, 15) is 4.39 Å². The Morgan fingerprint density at radius 2 is 2.35 bits per heavy atom. The first kappa shape index (κ1) is 12.8. The van der Waals surface area contributed by atoms with Crippen LogP contribution in [0.1, 0.15) is 18.9 Å². The Morgan fingerprint density at radius 1 is 1.53 bits per heavy atom. The molecule has 2 nitrogen and oxygen atoms in total. The smallest absolute Gasteiger partial charge is 0.129 e. The molecule has 94 valence electrons. The Hall–Kier alpha value is -0.610. The summed E-state index contributed by atoms with van der Waals surface area (Å²) >= 11 is 3.36. The van der Waals surface area contributed by atoms with Gasteiger partial charge in [0.15, 0.2) is 0 Å². The van der Waals surface area contributed by atoms with Gasteiger partial charge in [0.05, 0.1) is 12.7 Å². The number of rotatable bonds is 3. The lowest BCUT2D eigenvalue weighted by Gasteiger charge is -2.35. The van der Waals surface area contributed by atoms with Gasteiger partial charge in [-0.3, -0.25) is 0 Å². The predicted molar refractivity (Wildman–Crippen MR) is 71.3 cm³/mol. The number of hydrogen-bond acceptors (Lipinski definition) is 2. The number of ether oxygens (including phenoxy) is 1. The molecule has 1 atom stereocenters. The van der Waals surface area contributed by atoms with Crippen molar-refractivity contribution < 1.29 is 9.13 Å². The fourth-order valence-electron chi connectivity index (χ4n) is 2.16. The van der Waals surface area contributed by atoms with E-state index in [1.165, 1.54) is 6.07 Å². The summed E-state index contributed by atoms with van der Waals surface area (Å²) in [6.45, 7) is 4.52. The van der Waals surface area contributed by atoms with Crippen molar-refractivity contribution in [1.82, 2.24) is 0 Å². The molecule has 1 aromatic rings. The van der Waals surface area contributed by atoms with Crippen molar-refractivity contribution in [1.29, 1.82) is 0 Å². The number of nitrogens with zero attached hydrogens (tertiary/aromatic N) is 1. The van der Waals surface area contributed by atoms with E-state index in [1.54, 1.807) is 6.07 Å². The number of hydrogen-bond donors (Lipinski definition) is 0. The molecule has 17 heavy (non-hydrogen) atoms. The fraction of sp³-hybridized carbons (Fsp3) is 0.538. The summed E-state index contributed by atoms with van der Waals surface area (Å²) in [6, 6.07) is 5.27. The van der Waals surface area contributed by atoms with Crippen LogP contribution in [0.15, 0.2) is 18.2 Å². The molecular formula is C13H17BrFNO. The third-order valence-electron chi connectivity index (χ3n) is 3.16. The van der Waals surface area contributed by atoms with Crippen LogP contribution >= 0.6 is 15.9 Å². The van der Waals surface area contributed by atoms with Crippen LogP contribution in [0.4, 0.5) is 10.1 Å². The Labute approximate surface area is 110 Å². The molecule has 1 fully saturated rings. The van der Waals surface area contributed by atoms with Gasteiger partial charge in [-0.05, 0) is 18.6 Å². The summed E-state index contributed by atoms with van der Waals surface area (Å²) in [5.74, 6) is -0.140. The maximum Gasteiger partial charge on any atom is 0.129 e. The maximum atomic E-state index is 13.7. The van der Waals surface area contributed by atoms with E-state index in [2.05, 4.69) is 27.8 Å². The minimum Gasteiger partial charge on any atom is -0.375 e. The van der Waals surface area contributed by atoms with Crippen LogP contribution in [0.2, 0.25) is 0 Å². The zero-order valence-corrected chi connectivity index (χ0v) is 11.5. The van der Waals surface area contributed by atoms with Crippen molar-refractivity contribution in [3.8, 4) is 0 Å². The van der Waals surface area contributed by atoms with Crippen molar-refractivity contribution in [3.05, 3.63) is 29.6 Å². The highest BCUT2D eigenvalue weighted by molar-refractivity contribution is 9.08. The number of anilines is 1. The monoisotopic (exact) mass is 301 g/mol. The molecule has 1 heterocycles. The Morgan fingerprint density at radius 3 is 3.06 bits per heavy atom. The largest absolute Gasteiger partial charge is 0.375 e. The van der Waals surface area contributed by atoms with E-state index in [4.69, 9.17) is 4.74 Å². The molecule has 0 radical (unpaired) electrons. The summed E-state index contributed by atoms with van der Waals surface area (Å²) in [7, 11) is 0. The highest BCUT2D eigenvalue weighted by Crippen LogP contribution is 2.27. The second kappa shape index (κ2) is 5.83. The predicted octanol–water partition coefficient (Wildman–Crippen LogP) is 3.34. The molecule has 1 unspecified atom stereocenters. The van der Waals surface area contributed by atoms with Gasteiger partial charge in [-0.25, -0.2) is 4.39 Å². The first-order chi connectivity index (χ1) is 8.26. The van der Waals surface area contributed by atoms with E-state index in [-0.39, 0.29) is 11.9 Å². The number of morpholine rings is 1. The van der Waals surface area contributed by atoms with Gasteiger partial charge in [0.2, 0.25) is 0 Å². The van der Waals surface area contributed by atoms with Crippen LogP contribution in [0.25, 0.3) is 0 Å². The standard InChI is InChI=1S/C13H17BrFNO/c1-2-10-9-16(6-7-17-10)13-5-3-4-12(15)11(13)8-14/h3-5,10H,2,6-9H2,1H3. The molecule has 1 aliphatic rings. The number of alkyl halides is 1. The van der Waals surface area contributed by atoms with Crippen molar-refractivity contribution in [2.45, 2.75) is 24.8 Å². The van der Waals surface area contributed by atoms with Gasteiger partial charge < -0.3 is 9.64 Å². The van der Waals surface area contributed by atoms with Gasteiger partial charge in [0.1, 0.15) is 5.82 Å². The van der Waals surface area contributed by atoms with Crippen LogP contribution in [0.3, 0.4) is 0 Å². The van der Waals surface area contributed by atoms with E-state index in [0.717, 1.165) is 37.4 Å². The Bertz CT molecular complexity index is 386. The topological polar surface area (TPSA) is 12.5 Å². The van der Waals surface area contributed by atoms with Gasteiger partial charge >= 0.3 is 0 Å². The highest BCUT2D eigenvalue weighted by atomic mass is 79.9. The fourth-order valence-corrected chi connectivity index (χ4v) is 2.72. The van der Waals surface area contributed by atoms with E-state index in [0.29, 0.717) is 5.33 Å². The maximum absolute atomic E-state index is 13.7. The Kier molecular flexibility index (Phi) is 4.40. The summed E-state index contributed by atoms with van der Waals surface area (Å²) in [4.78, 5) is 2.22. The van der Waals surface area contributed by atoms with Crippen molar-refractivity contribution in [3.63, 3.8) is 0 Å². The molecule has 0 aromatic heterocycles. The third-order valence-corrected chi connectivity index (χ3v) is 3.72. The van der Waals surface area contributed by atoms with Gasteiger partial charge in [-0.2, -0.15) is 0 Å². The molecule has 1 aliphatic heterocycles. The second-order valence-corrected chi connectivity index (χ2v) is 4.78. The average molecular weight is 302 g/mol. The lowest BCUT2D eigenvalue weighted by atomic mass is 10.1. The molecule has 1 aromatic carbocycles. The summed E-state index contributed by atoms with van der Waals surface area (Å²) in [5.41, 5.74) is 1.73. The lowest BCUT2D eigenvalue weighted by Crippen LogP contribution is -2.42. The minimum absolute atomic E-state index is 0.140. The molecule has 0 saturated carbocycles. The normalized spacial score (nSPS) is 20.6. The molecule has 0 spiro atoms. The van der Waals surface area contributed by atoms with Crippen LogP contribution in [0, 0.1) is 5.82 Å². The second-order valence-electron chi connectivity index (χ2n) is 4.22. The van der Waals surface area contributed by atoms with Crippen LogP contribution in [0.5, 0.6) is 0 Å².